The first kappa shape index (κ1) is 14.3. The van der Waals surface area contributed by atoms with Crippen molar-refractivity contribution >= 4 is 11.9 Å². The lowest BCUT2D eigenvalue weighted by Gasteiger charge is -2.23. The molecule has 2 saturated carbocycles. The van der Waals surface area contributed by atoms with Crippen molar-refractivity contribution in [1.29, 1.82) is 0 Å². The van der Waals surface area contributed by atoms with Gasteiger partial charge in [0, 0.05) is 19.6 Å². The van der Waals surface area contributed by atoms with E-state index in [-0.39, 0.29) is 24.3 Å². The number of carbonyl (C=O) groups excluding carboxylic acids is 1. The molecule has 0 spiro atoms. The molecule has 0 bridgehead atoms. The Balaban J connectivity index is 1.82. The molecular weight excluding hydrogens is 246 g/mol. The molecule has 0 aromatic rings. The van der Waals surface area contributed by atoms with E-state index in [1.165, 1.54) is 0 Å². The van der Waals surface area contributed by atoms with Gasteiger partial charge in [0.05, 0.1) is 5.41 Å². The van der Waals surface area contributed by atoms with Gasteiger partial charge < -0.3 is 15.5 Å². The lowest BCUT2D eigenvalue weighted by Crippen LogP contribution is -2.38. The van der Waals surface area contributed by atoms with Crippen molar-refractivity contribution < 1.29 is 19.8 Å². The van der Waals surface area contributed by atoms with Crippen LogP contribution in [0.25, 0.3) is 0 Å². The van der Waals surface area contributed by atoms with Crippen molar-refractivity contribution in [2.24, 2.45) is 10.8 Å². The van der Waals surface area contributed by atoms with Crippen molar-refractivity contribution in [3.8, 4) is 0 Å². The highest BCUT2D eigenvalue weighted by atomic mass is 16.4. The second kappa shape index (κ2) is 5.49. The number of rotatable bonds is 7. The molecule has 0 radical (unpaired) electrons. The molecule has 3 N–H and O–H groups in total. The lowest BCUT2D eigenvalue weighted by atomic mass is 9.82. The smallest absolute Gasteiger partial charge is 0.310 e. The predicted octanol–water partition coefficient (Wildman–Crippen LogP) is 1.30. The average molecular weight is 269 g/mol. The van der Waals surface area contributed by atoms with Crippen LogP contribution in [0.1, 0.15) is 51.4 Å². The third-order valence-corrected chi connectivity index (χ3v) is 4.77. The Morgan fingerprint density at radius 3 is 2.21 bits per heavy atom. The summed E-state index contributed by atoms with van der Waals surface area (Å²) in [5.74, 6) is -0.995. The van der Waals surface area contributed by atoms with Gasteiger partial charge in [0.2, 0.25) is 5.91 Å². The molecule has 0 unspecified atom stereocenters. The van der Waals surface area contributed by atoms with Gasteiger partial charge in [0.15, 0.2) is 0 Å². The van der Waals surface area contributed by atoms with E-state index in [0.717, 1.165) is 32.1 Å². The molecular formula is C14H23NO4. The van der Waals surface area contributed by atoms with E-state index in [1.54, 1.807) is 0 Å². The third-order valence-electron chi connectivity index (χ3n) is 4.77. The lowest BCUT2D eigenvalue weighted by molar-refractivity contribution is -0.151. The van der Waals surface area contributed by atoms with Gasteiger partial charge in [-0.2, -0.15) is 0 Å². The zero-order chi connectivity index (χ0) is 13.9. The molecule has 19 heavy (non-hydrogen) atoms. The van der Waals surface area contributed by atoms with Crippen LogP contribution < -0.4 is 5.32 Å². The van der Waals surface area contributed by atoms with Crippen LogP contribution in [0.4, 0.5) is 0 Å². The van der Waals surface area contributed by atoms with E-state index >= 15 is 0 Å². The molecule has 0 aromatic heterocycles. The molecule has 0 aliphatic heterocycles. The molecule has 0 aromatic carbocycles. The molecule has 2 aliphatic carbocycles. The fourth-order valence-electron chi connectivity index (χ4n) is 3.10. The number of hydrogen-bond donors (Lipinski definition) is 3. The topological polar surface area (TPSA) is 86.6 Å². The maximum absolute atomic E-state index is 12.0. The van der Waals surface area contributed by atoms with Crippen LogP contribution in [0.5, 0.6) is 0 Å². The van der Waals surface area contributed by atoms with Crippen LogP contribution in [0.3, 0.4) is 0 Å². The summed E-state index contributed by atoms with van der Waals surface area (Å²) in [7, 11) is 0. The van der Waals surface area contributed by atoms with E-state index in [9.17, 15) is 14.7 Å². The van der Waals surface area contributed by atoms with Gasteiger partial charge in [-0.05, 0) is 37.5 Å². The standard InChI is InChI=1S/C14H23NO4/c16-8-7-13(5-6-13)10-15-11(17)9-14(12(18)19)3-1-2-4-14/h16H,1-10H2,(H,15,17)(H,18,19). The molecule has 0 saturated heterocycles. The van der Waals surface area contributed by atoms with Crippen molar-refractivity contribution in [2.45, 2.75) is 51.4 Å². The zero-order valence-corrected chi connectivity index (χ0v) is 11.3. The first-order valence-electron chi connectivity index (χ1n) is 7.13. The zero-order valence-electron chi connectivity index (χ0n) is 11.3. The van der Waals surface area contributed by atoms with Gasteiger partial charge in [-0.25, -0.2) is 0 Å². The molecule has 5 heteroatoms. The number of aliphatic hydroxyl groups is 1. The normalized spacial score (nSPS) is 23.0. The fraction of sp³-hybridized carbons (Fsp3) is 0.857. The Hall–Kier alpha value is -1.10. The number of nitrogens with one attached hydrogen (secondary N) is 1. The van der Waals surface area contributed by atoms with E-state index < -0.39 is 11.4 Å². The molecule has 2 fully saturated rings. The van der Waals surface area contributed by atoms with E-state index in [4.69, 9.17) is 5.11 Å². The highest BCUT2D eigenvalue weighted by Gasteiger charge is 2.45. The van der Waals surface area contributed by atoms with Crippen LogP contribution >= 0.6 is 0 Å². The van der Waals surface area contributed by atoms with E-state index in [2.05, 4.69) is 5.32 Å². The predicted molar refractivity (Wildman–Crippen MR) is 69.5 cm³/mol. The largest absolute Gasteiger partial charge is 0.481 e. The maximum Gasteiger partial charge on any atom is 0.310 e. The minimum absolute atomic E-state index is 0.0798. The minimum atomic E-state index is -0.836. The van der Waals surface area contributed by atoms with Gasteiger partial charge >= 0.3 is 5.97 Å². The van der Waals surface area contributed by atoms with Gasteiger partial charge in [0.1, 0.15) is 0 Å². The van der Waals surface area contributed by atoms with E-state index in [0.29, 0.717) is 19.4 Å². The Morgan fingerprint density at radius 2 is 1.74 bits per heavy atom. The van der Waals surface area contributed by atoms with Crippen LogP contribution in [0.2, 0.25) is 0 Å². The van der Waals surface area contributed by atoms with Crippen molar-refractivity contribution in [2.75, 3.05) is 13.2 Å². The van der Waals surface area contributed by atoms with Gasteiger partial charge in [-0.15, -0.1) is 0 Å². The number of aliphatic hydroxyl groups excluding tert-OH is 1. The highest BCUT2D eigenvalue weighted by molar-refractivity contribution is 5.85. The number of carbonyl (C=O) groups is 2. The second-order valence-corrected chi connectivity index (χ2v) is 6.22. The Kier molecular flexibility index (Phi) is 4.13. The van der Waals surface area contributed by atoms with E-state index in [1.807, 2.05) is 0 Å². The summed E-state index contributed by atoms with van der Waals surface area (Å²) in [5, 5.41) is 21.1. The molecule has 108 valence electrons. The summed E-state index contributed by atoms with van der Waals surface area (Å²) in [4.78, 5) is 23.3. The molecule has 0 atom stereocenters. The fourth-order valence-corrected chi connectivity index (χ4v) is 3.10. The van der Waals surface area contributed by atoms with Gasteiger partial charge in [-0.3, -0.25) is 9.59 Å². The summed E-state index contributed by atoms with van der Waals surface area (Å²) in [6.07, 6.45) is 5.90. The summed E-state index contributed by atoms with van der Waals surface area (Å²) in [6, 6.07) is 0. The Labute approximate surface area is 113 Å². The quantitative estimate of drug-likeness (QED) is 0.650. The average Bonchev–Trinajstić information content (AvgIpc) is 2.96. The molecule has 1 amide bonds. The Bertz CT molecular complexity index is 356. The summed E-state index contributed by atoms with van der Waals surface area (Å²) in [5.41, 5.74) is -0.756. The van der Waals surface area contributed by atoms with Crippen LogP contribution in [-0.4, -0.2) is 35.2 Å². The van der Waals surface area contributed by atoms with Crippen LogP contribution in [-0.2, 0) is 9.59 Å². The number of carboxylic acids is 1. The number of carboxylic acid groups (broad SMARTS) is 1. The number of amides is 1. The van der Waals surface area contributed by atoms with Crippen LogP contribution in [0, 0.1) is 10.8 Å². The summed E-state index contributed by atoms with van der Waals surface area (Å²) >= 11 is 0. The van der Waals surface area contributed by atoms with Crippen LogP contribution in [0.15, 0.2) is 0 Å². The SMILES string of the molecule is O=C(CC1(C(=O)O)CCCC1)NCC1(CCO)CC1. The first-order valence-corrected chi connectivity index (χ1v) is 7.13. The molecule has 2 rings (SSSR count). The number of hydrogen-bond acceptors (Lipinski definition) is 3. The van der Waals surface area contributed by atoms with Crippen molar-refractivity contribution in [3.63, 3.8) is 0 Å². The van der Waals surface area contributed by atoms with Gasteiger partial charge in [0.25, 0.3) is 0 Å². The van der Waals surface area contributed by atoms with Crippen molar-refractivity contribution in [3.05, 3.63) is 0 Å². The van der Waals surface area contributed by atoms with Gasteiger partial charge in [-0.1, -0.05) is 12.8 Å². The highest BCUT2D eigenvalue weighted by Crippen LogP contribution is 2.48. The Morgan fingerprint density at radius 1 is 1.11 bits per heavy atom. The minimum Gasteiger partial charge on any atom is -0.481 e. The maximum atomic E-state index is 12.0. The number of aliphatic carboxylic acids is 1. The second-order valence-electron chi connectivity index (χ2n) is 6.22. The molecule has 0 heterocycles. The molecule has 5 nitrogen and oxygen atoms in total. The van der Waals surface area contributed by atoms with Crippen molar-refractivity contribution in [1.82, 2.24) is 5.32 Å². The molecule has 2 aliphatic rings. The third kappa shape index (κ3) is 3.26. The summed E-state index contributed by atoms with van der Waals surface area (Å²) in [6.45, 7) is 0.719. The monoisotopic (exact) mass is 269 g/mol. The summed E-state index contributed by atoms with van der Waals surface area (Å²) < 4.78 is 0. The first-order chi connectivity index (χ1) is 9.02.